The molecule has 146 valence electrons. The molecule has 5 heteroatoms. The summed E-state index contributed by atoms with van der Waals surface area (Å²) in [5.74, 6) is -1.06. The predicted octanol–water partition coefficient (Wildman–Crippen LogP) is 4.02. The van der Waals surface area contributed by atoms with Crippen LogP contribution in [-0.4, -0.2) is 23.8 Å². The number of carbonyl (C=O) groups is 3. The lowest BCUT2D eigenvalue weighted by atomic mass is 10.1. The van der Waals surface area contributed by atoms with Gasteiger partial charge < -0.3 is 10.1 Å². The normalized spacial score (nSPS) is 13.5. The zero-order valence-electron chi connectivity index (χ0n) is 16.3. The van der Waals surface area contributed by atoms with Gasteiger partial charge in [-0.2, -0.15) is 0 Å². The number of anilines is 1. The average Bonchev–Trinajstić information content (AvgIpc) is 3.14. The van der Waals surface area contributed by atoms with E-state index in [0.29, 0.717) is 11.3 Å². The molecule has 0 radical (unpaired) electrons. The summed E-state index contributed by atoms with van der Waals surface area (Å²) in [7, 11) is 0. The molecule has 0 aromatic heterocycles. The molecule has 0 aliphatic heterocycles. The summed E-state index contributed by atoms with van der Waals surface area (Å²) in [5.41, 5.74) is 4.94. The number of aryl methyl sites for hydroxylation is 3. The van der Waals surface area contributed by atoms with E-state index in [1.54, 1.807) is 12.1 Å². The highest BCUT2D eigenvalue weighted by molar-refractivity contribution is 5.98. The van der Waals surface area contributed by atoms with Gasteiger partial charge in [0.25, 0.3) is 5.91 Å². The summed E-state index contributed by atoms with van der Waals surface area (Å²) in [5, 5.41) is 2.79. The Morgan fingerprint density at radius 2 is 1.71 bits per heavy atom. The number of fused-ring (bicyclic) bond motifs is 1. The summed E-state index contributed by atoms with van der Waals surface area (Å²) in [6.07, 6.45) is 2.33. The van der Waals surface area contributed by atoms with Crippen LogP contribution in [0.15, 0.2) is 42.5 Å². The second-order valence-corrected chi connectivity index (χ2v) is 7.25. The minimum Gasteiger partial charge on any atom is -0.453 e. The Balaban J connectivity index is 1.46. The van der Waals surface area contributed by atoms with E-state index < -0.39 is 12.1 Å². The van der Waals surface area contributed by atoms with Crippen LogP contribution in [-0.2, 0) is 27.2 Å². The van der Waals surface area contributed by atoms with Crippen molar-refractivity contribution < 1.29 is 19.1 Å². The second-order valence-electron chi connectivity index (χ2n) is 7.25. The lowest BCUT2D eigenvalue weighted by Gasteiger charge is -2.14. The van der Waals surface area contributed by atoms with Crippen molar-refractivity contribution in [3.05, 3.63) is 64.7 Å². The van der Waals surface area contributed by atoms with Crippen molar-refractivity contribution in [3.8, 4) is 0 Å². The highest BCUT2D eigenvalue weighted by atomic mass is 16.5. The van der Waals surface area contributed by atoms with Gasteiger partial charge in [0, 0.05) is 17.7 Å². The fourth-order valence-corrected chi connectivity index (χ4v) is 3.30. The molecule has 1 N–H and O–H groups in total. The molecule has 1 amide bonds. The Labute approximate surface area is 165 Å². The van der Waals surface area contributed by atoms with E-state index in [0.717, 1.165) is 24.8 Å². The monoisotopic (exact) mass is 379 g/mol. The highest BCUT2D eigenvalue weighted by Gasteiger charge is 2.20. The lowest BCUT2D eigenvalue weighted by molar-refractivity contribution is -0.153. The van der Waals surface area contributed by atoms with Gasteiger partial charge >= 0.3 is 5.97 Å². The number of ether oxygens (including phenoxy) is 1. The van der Waals surface area contributed by atoms with Crippen molar-refractivity contribution in [2.24, 2.45) is 0 Å². The number of Topliss-reactive ketones (excluding diaryl/α,β-unsaturated/α-hetero) is 1. The van der Waals surface area contributed by atoms with Crippen LogP contribution in [0.1, 0.15) is 53.2 Å². The van der Waals surface area contributed by atoms with E-state index in [4.69, 9.17) is 4.74 Å². The predicted molar refractivity (Wildman–Crippen MR) is 107 cm³/mol. The highest BCUT2D eigenvalue weighted by Crippen LogP contribution is 2.25. The SMILES string of the molecule is Cc1ccc(C(=O)CCC(=O)O[C@H](C)C(=O)Nc2ccc3c(c2)CCC3)cc1. The number of hydrogen-bond donors (Lipinski definition) is 1. The number of carbonyl (C=O) groups excluding carboxylic acids is 3. The lowest BCUT2D eigenvalue weighted by Crippen LogP contribution is -2.30. The first-order chi connectivity index (χ1) is 13.4. The van der Waals surface area contributed by atoms with Crippen LogP contribution in [0.4, 0.5) is 5.69 Å². The Morgan fingerprint density at radius 1 is 1.00 bits per heavy atom. The van der Waals surface area contributed by atoms with E-state index in [-0.39, 0.29) is 24.5 Å². The van der Waals surface area contributed by atoms with Crippen LogP contribution in [0, 0.1) is 6.92 Å². The molecule has 0 heterocycles. The maximum absolute atomic E-state index is 12.3. The number of hydrogen-bond acceptors (Lipinski definition) is 4. The summed E-state index contributed by atoms with van der Waals surface area (Å²) in [6, 6.07) is 13.1. The maximum Gasteiger partial charge on any atom is 0.307 e. The van der Waals surface area contributed by atoms with E-state index in [9.17, 15) is 14.4 Å². The van der Waals surface area contributed by atoms with Gasteiger partial charge in [-0.1, -0.05) is 35.9 Å². The first-order valence-corrected chi connectivity index (χ1v) is 9.64. The number of ketones is 1. The Hall–Kier alpha value is -2.95. The first-order valence-electron chi connectivity index (χ1n) is 9.64. The van der Waals surface area contributed by atoms with Crippen molar-refractivity contribution in [1.82, 2.24) is 0 Å². The smallest absolute Gasteiger partial charge is 0.307 e. The van der Waals surface area contributed by atoms with Crippen LogP contribution in [0.5, 0.6) is 0 Å². The summed E-state index contributed by atoms with van der Waals surface area (Å²) >= 11 is 0. The molecule has 3 rings (SSSR count). The molecule has 0 unspecified atom stereocenters. The molecule has 0 saturated heterocycles. The van der Waals surface area contributed by atoms with Crippen molar-refractivity contribution in [3.63, 3.8) is 0 Å². The molecule has 1 aliphatic carbocycles. The van der Waals surface area contributed by atoms with Crippen molar-refractivity contribution in [2.75, 3.05) is 5.32 Å². The zero-order chi connectivity index (χ0) is 20.1. The van der Waals surface area contributed by atoms with Crippen molar-refractivity contribution in [2.45, 2.75) is 52.1 Å². The second kappa shape index (κ2) is 8.83. The van der Waals surface area contributed by atoms with Gasteiger partial charge in [-0.05, 0) is 56.4 Å². The third-order valence-electron chi connectivity index (χ3n) is 4.97. The maximum atomic E-state index is 12.3. The van der Waals surface area contributed by atoms with E-state index >= 15 is 0 Å². The molecule has 1 atom stereocenters. The Morgan fingerprint density at radius 3 is 2.46 bits per heavy atom. The zero-order valence-corrected chi connectivity index (χ0v) is 16.3. The fraction of sp³-hybridized carbons (Fsp3) is 0.348. The molecule has 2 aromatic carbocycles. The molecule has 2 aromatic rings. The Kier molecular flexibility index (Phi) is 6.24. The number of rotatable bonds is 7. The third kappa shape index (κ3) is 5.06. The molecule has 0 bridgehead atoms. The first kappa shape index (κ1) is 19.8. The van der Waals surface area contributed by atoms with Crippen LogP contribution in [0.25, 0.3) is 0 Å². The van der Waals surface area contributed by atoms with E-state index in [1.165, 1.54) is 18.1 Å². The topological polar surface area (TPSA) is 72.5 Å². The van der Waals surface area contributed by atoms with E-state index in [2.05, 4.69) is 5.32 Å². The van der Waals surface area contributed by atoms with Gasteiger partial charge in [0.15, 0.2) is 11.9 Å². The minimum atomic E-state index is -0.921. The van der Waals surface area contributed by atoms with Gasteiger partial charge in [0.05, 0.1) is 6.42 Å². The van der Waals surface area contributed by atoms with Gasteiger partial charge in [0.2, 0.25) is 0 Å². The van der Waals surface area contributed by atoms with Crippen LogP contribution < -0.4 is 5.32 Å². The molecule has 5 nitrogen and oxygen atoms in total. The minimum absolute atomic E-state index is 0.0524. The summed E-state index contributed by atoms with van der Waals surface area (Å²) in [6.45, 7) is 3.48. The van der Waals surface area contributed by atoms with Crippen LogP contribution >= 0.6 is 0 Å². The van der Waals surface area contributed by atoms with Crippen LogP contribution in [0.2, 0.25) is 0 Å². The number of amides is 1. The molecule has 28 heavy (non-hydrogen) atoms. The third-order valence-corrected chi connectivity index (χ3v) is 4.97. The fourth-order valence-electron chi connectivity index (χ4n) is 3.30. The number of benzene rings is 2. The van der Waals surface area contributed by atoms with E-state index in [1.807, 2.05) is 37.3 Å². The van der Waals surface area contributed by atoms with Gasteiger partial charge in [-0.15, -0.1) is 0 Å². The Bertz CT molecular complexity index is 886. The quantitative estimate of drug-likeness (QED) is 0.583. The molecule has 0 fully saturated rings. The average molecular weight is 379 g/mol. The van der Waals surface area contributed by atoms with Crippen LogP contribution in [0.3, 0.4) is 0 Å². The van der Waals surface area contributed by atoms with Gasteiger partial charge in [-0.25, -0.2) is 0 Å². The van der Waals surface area contributed by atoms with Gasteiger partial charge in [-0.3, -0.25) is 14.4 Å². The molecular formula is C23H25NO4. The van der Waals surface area contributed by atoms with Crippen molar-refractivity contribution >= 4 is 23.3 Å². The number of nitrogens with one attached hydrogen (secondary N) is 1. The number of esters is 1. The largest absolute Gasteiger partial charge is 0.453 e. The summed E-state index contributed by atoms with van der Waals surface area (Å²) in [4.78, 5) is 36.4. The molecule has 0 saturated carbocycles. The van der Waals surface area contributed by atoms with Gasteiger partial charge in [0.1, 0.15) is 0 Å². The molecular weight excluding hydrogens is 354 g/mol. The molecule has 0 spiro atoms. The van der Waals surface area contributed by atoms with Crippen molar-refractivity contribution in [1.29, 1.82) is 0 Å². The summed E-state index contributed by atoms with van der Waals surface area (Å²) < 4.78 is 5.18. The standard InChI is InChI=1S/C23H25NO4/c1-15-6-8-18(9-7-15)21(25)12-13-22(26)28-16(2)23(27)24-20-11-10-17-4-3-5-19(17)14-20/h6-11,14,16H,3-5,12-13H2,1-2H3,(H,24,27)/t16-/m1/s1. The molecule has 1 aliphatic rings.